The second-order valence-corrected chi connectivity index (χ2v) is 11.9. The average Bonchev–Trinajstić information content (AvgIpc) is 2.67. The molecule has 0 fully saturated rings. The van der Waals surface area contributed by atoms with Gasteiger partial charge in [-0.1, -0.05) is 95.6 Å². The van der Waals surface area contributed by atoms with Crippen LogP contribution in [0.4, 0.5) is 0 Å². The summed E-state index contributed by atoms with van der Waals surface area (Å²) in [4.78, 5) is 12.2. The first-order valence-corrected chi connectivity index (χ1v) is 12.3. The Bertz CT molecular complexity index is 939. The Kier molecular flexibility index (Phi) is 6.51. The van der Waals surface area contributed by atoms with E-state index in [2.05, 4.69) is 60.6 Å². The third-order valence-electron chi connectivity index (χ3n) is 5.10. The molecule has 31 heavy (non-hydrogen) atoms. The van der Waals surface area contributed by atoms with Crippen LogP contribution in [0.1, 0.15) is 58.2 Å². The molecule has 4 heteroatoms. The Morgan fingerprint density at radius 2 is 1.00 bits per heavy atom. The van der Waals surface area contributed by atoms with Gasteiger partial charge in [-0.2, -0.15) is 4.89 Å². The minimum atomic E-state index is -3.55. The Hall–Kier alpha value is -2.35. The minimum Gasteiger partial charge on any atom is -0.274 e. The van der Waals surface area contributed by atoms with Crippen LogP contribution in [0, 0.1) is 6.92 Å². The van der Waals surface area contributed by atoms with Gasteiger partial charge < -0.3 is 0 Å². The predicted molar refractivity (Wildman–Crippen MR) is 131 cm³/mol. The fourth-order valence-corrected chi connectivity index (χ4v) is 6.03. The summed E-state index contributed by atoms with van der Waals surface area (Å²) >= 11 is 0. The first-order chi connectivity index (χ1) is 14.4. The molecule has 3 aromatic carbocycles. The number of rotatable bonds is 5. The summed E-state index contributed by atoms with van der Waals surface area (Å²) in [5, 5.41) is 0.769. The standard InChI is InChI=1S/C27H34O3P/c1-20-18-23(26(2,3)4)25(24(19-20)27(5,6)7)31(28,29-21-14-10-8-11-15-21)30-22-16-12-9-13-17-22/h8-19,28H,1-7H3/q+1. The fraction of sp³-hybridized carbons (Fsp3) is 0.333. The second-order valence-electron chi connectivity index (χ2n) is 10.0. The highest BCUT2D eigenvalue weighted by molar-refractivity contribution is 7.69. The highest BCUT2D eigenvalue weighted by atomic mass is 31.2. The van der Waals surface area contributed by atoms with Crippen molar-refractivity contribution in [3.05, 3.63) is 89.5 Å². The molecule has 3 aromatic rings. The number of hydrogen-bond acceptors (Lipinski definition) is 3. The normalized spacial score (nSPS) is 12.5. The van der Waals surface area contributed by atoms with Gasteiger partial charge in [0.1, 0.15) is 0 Å². The van der Waals surface area contributed by atoms with Gasteiger partial charge in [0.25, 0.3) is 0 Å². The van der Waals surface area contributed by atoms with Crippen molar-refractivity contribution in [2.45, 2.75) is 59.3 Å². The van der Waals surface area contributed by atoms with Gasteiger partial charge in [-0.3, -0.25) is 9.05 Å². The molecule has 0 aliphatic heterocycles. The lowest BCUT2D eigenvalue weighted by Gasteiger charge is -2.31. The van der Waals surface area contributed by atoms with E-state index in [0.29, 0.717) is 11.5 Å². The van der Waals surface area contributed by atoms with Gasteiger partial charge in [0.05, 0.1) is 0 Å². The molecular formula is C27H34O3P+. The molecule has 0 aliphatic carbocycles. The summed E-state index contributed by atoms with van der Waals surface area (Å²) in [6.45, 7) is 15.1. The lowest BCUT2D eigenvalue weighted by atomic mass is 9.79. The van der Waals surface area contributed by atoms with Crippen LogP contribution in [0.2, 0.25) is 0 Å². The van der Waals surface area contributed by atoms with Crippen LogP contribution in [0.15, 0.2) is 72.8 Å². The molecule has 0 spiro atoms. The third-order valence-corrected chi connectivity index (χ3v) is 7.06. The van der Waals surface area contributed by atoms with Crippen LogP contribution in [-0.2, 0) is 10.8 Å². The van der Waals surface area contributed by atoms with Gasteiger partial charge in [-0.05, 0) is 42.0 Å². The lowest BCUT2D eigenvalue weighted by Crippen LogP contribution is -2.36. The monoisotopic (exact) mass is 437 g/mol. The van der Waals surface area contributed by atoms with Crippen molar-refractivity contribution in [3.8, 4) is 11.5 Å². The number of para-hydroxylation sites is 2. The molecule has 164 valence electrons. The third kappa shape index (κ3) is 5.47. The molecule has 1 N–H and O–H groups in total. The van der Waals surface area contributed by atoms with Crippen molar-refractivity contribution in [1.29, 1.82) is 0 Å². The van der Waals surface area contributed by atoms with E-state index in [1.165, 1.54) is 0 Å². The van der Waals surface area contributed by atoms with E-state index < -0.39 is 7.94 Å². The van der Waals surface area contributed by atoms with Crippen molar-refractivity contribution in [3.63, 3.8) is 0 Å². The fourth-order valence-electron chi connectivity index (χ4n) is 3.59. The Morgan fingerprint density at radius 3 is 1.32 bits per heavy atom. The SMILES string of the molecule is Cc1cc(C(C)(C)C)c([P+](O)(Oc2ccccc2)Oc2ccccc2)c(C(C)(C)C)c1. The molecule has 0 amide bonds. The van der Waals surface area contributed by atoms with Crippen LogP contribution in [-0.4, -0.2) is 4.89 Å². The molecule has 0 saturated heterocycles. The maximum absolute atomic E-state index is 12.2. The largest absolute Gasteiger partial charge is 0.533 e. The Morgan fingerprint density at radius 1 is 0.645 bits per heavy atom. The Balaban J connectivity index is 2.32. The highest BCUT2D eigenvalue weighted by Crippen LogP contribution is 2.58. The van der Waals surface area contributed by atoms with Gasteiger partial charge in [0.15, 0.2) is 11.5 Å². The molecular weight excluding hydrogens is 403 g/mol. The number of benzene rings is 3. The van der Waals surface area contributed by atoms with Gasteiger partial charge in [-0.25, -0.2) is 0 Å². The smallest absolute Gasteiger partial charge is 0.274 e. The molecule has 0 heterocycles. The molecule has 3 nitrogen and oxygen atoms in total. The summed E-state index contributed by atoms with van der Waals surface area (Å²) in [5.74, 6) is 1.16. The zero-order valence-corrected chi connectivity index (χ0v) is 20.5. The summed E-state index contributed by atoms with van der Waals surface area (Å²) in [6, 6.07) is 23.1. The van der Waals surface area contributed by atoms with E-state index in [1.807, 2.05) is 60.7 Å². The van der Waals surface area contributed by atoms with Crippen LogP contribution < -0.4 is 14.4 Å². The zero-order chi connectivity index (χ0) is 22.9. The topological polar surface area (TPSA) is 38.7 Å². The van der Waals surface area contributed by atoms with E-state index in [0.717, 1.165) is 22.0 Å². The summed E-state index contributed by atoms with van der Waals surface area (Å²) in [7, 11) is -3.55. The van der Waals surface area contributed by atoms with Crippen molar-refractivity contribution in [2.75, 3.05) is 0 Å². The van der Waals surface area contributed by atoms with E-state index in [-0.39, 0.29) is 10.8 Å². The molecule has 0 saturated carbocycles. The maximum Gasteiger partial charge on any atom is 0.533 e. The van der Waals surface area contributed by atoms with Gasteiger partial charge >= 0.3 is 7.94 Å². The van der Waals surface area contributed by atoms with E-state index in [4.69, 9.17) is 9.05 Å². The molecule has 0 aliphatic rings. The molecule has 0 aromatic heterocycles. The first kappa shape index (κ1) is 23.3. The predicted octanol–water partition coefficient (Wildman–Crippen LogP) is 7.13. The van der Waals surface area contributed by atoms with Crippen molar-refractivity contribution in [1.82, 2.24) is 0 Å². The number of aryl methyl sites for hydroxylation is 1. The molecule has 0 radical (unpaired) electrons. The molecule has 0 bridgehead atoms. The number of hydrogen-bond donors (Lipinski definition) is 1. The van der Waals surface area contributed by atoms with E-state index in [1.54, 1.807) is 0 Å². The maximum atomic E-state index is 12.2. The average molecular weight is 438 g/mol. The van der Waals surface area contributed by atoms with Crippen molar-refractivity contribution < 1.29 is 13.9 Å². The zero-order valence-electron chi connectivity index (χ0n) is 19.6. The summed E-state index contributed by atoms with van der Waals surface area (Å²) in [5.41, 5.74) is 2.81. The summed E-state index contributed by atoms with van der Waals surface area (Å²) < 4.78 is 12.7. The molecule has 0 unspecified atom stereocenters. The van der Waals surface area contributed by atoms with Gasteiger partial charge in [0.2, 0.25) is 5.30 Å². The van der Waals surface area contributed by atoms with E-state index in [9.17, 15) is 4.89 Å². The van der Waals surface area contributed by atoms with Crippen LogP contribution in [0.5, 0.6) is 11.5 Å². The van der Waals surface area contributed by atoms with E-state index >= 15 is 0 Å². The molecule has 0 atom stereocenters. The van der Waals surface area contributed by atoms with Crippen molar-refractivity contribution in [2.24, 2.45) is 0 Å². The van der Waals surface area contributed by atoms with Gasteiger partial charge in [-0.15, -0.1) is 0 Å². The summed E-state index contributed by atoms with van der Waals surface area (Å²) in [6.07, 6.45) is 0. The lowest BCUT2D eigenvalue weighted by molar-refractivity contribution is 0.359. The Labute approximate surface area is 187 Å². The minimum absolute atomic E-state index is 0.213. The van der Waals surface area contributed by atoms with Crippen LogP contribution in [0.25, 0.3) is 0 Å². The quantitative estimate of drug-likeness (QED) is 0.432. The second kappa shape index (κ2) is 8.65. The van der Waals surface area contributed by atoms with Crippen LogP contribution in [0.3, 0.4) is 0 Å². The first-order valence-electron chi connectivity index (χ1n) is 10.7. The van der Waals surface area contributed by atoms with Crippen molar-refractivity contribution >= 4 is 13.2 Å². The molecule has 3 rings (SSSR count). The van der Waals surface area contributed by atoms with Crippen LogP contribution >= 0.6 is 7.94 Å². The van der Waals surface area contributed by atoms with Gasteiger partial charge in [0, 0.05) is 11.1 Å². The highest BCUT2D eigenvalue weighted by Gasteiger charge is 2.54.